The number of amides is 1. The number of ether oxygens (including phenoxy) is 2. The first-order chi connectivity index (χ1) is 15.8. The molecule has 1 atom stereocenters. The molecular formula is C25H34N2O5S2. The Morgan fingerprint density at radius 2 is 1.65 bits per heavy atom. The Morgan fingerprint density at radius 1 is 1.00 bits per heavy atom. The van der Waals surface area contributed by atoms with Gasteiger partial charge in [-0.1, -0.05) is 30.3 Å². The lowest BCUT2D eigenvalue weighted by Gasteiger charge is -2.26. The number of Topliss-reactive ketones (excluding diaryl/α,β-unsaturated/α-hetero) is 1. The van der Waals surface area contributed by atoms with Crippen LogP contribution in [0.4, 0.5) is 4.79 Å². The van der Waals surface area contributed by atoms with Crippen LogP contribution in [0.1, 0.15) is 64.9 Å². The van der Waals surface area contributed by atoms with Crippen LogP contribution in [0.5, 0.6) is 0 Å². The summed E-state index contributed by atoms with van der Waals surface area (Å²) in [5.41, 5.74) is 0.173. The summed E-state index contributed by atoms with van der Waals surface area (Å²) in [6.45, 7) is 10.6. The van der Waals surface area contributed by atoms with Gasteiger partial charge in [-0.15, -0.1) is 0 Å². The summed E-state index contributed by atoms with van der Waals surface area (Å²) in [4.78, 5) is 38.2. The average molecular weight is 507 g/mol. The van der Waals surface area contributed by atoms with Crippen molar-refractivity contribution in [1.29, 1.82) is 0 Å². The summed E-state index contributed by atoms with van der Waals surface area (Å²) >= 11 is 2.85. The van der Waals surface area contributed by atoms with E-state index in [1.807, 2.05) is 36.4 Å². The molecule has 1 heterocycles. The van der Waals surface area contributed by atoms with Gasteiger partial charge in [0.1, 0.15) is 22.9 Å². The highest BCUT2D eigenvalue weighted by Crippen LogP contribution is 2.25. The number of ketones is 1. The van der Waals surface area contributed by atoms with Crippen molar-refractivity contribution >= 4 is 41.1 Å². The second kappa shape index (κ2) is 12.4. The van der Waals surface area contributed by atoms with Crippen LogP contribution >= 0.6 is 23.3 Å². The number of aromatic nitrogens is 1. The Balaban J connectivity index is 1.83. The SMILES string of the molecule is CC(C)(C)OC(=O)N[C@@H](CCSCCC(=O)c1cc(-c2ccccc2)sn1)C(=O)OC(C)(C)C. The van der Waals surface area contributed by atoms with E-state index in [9.17, 15) is 14.4 Å². The van der Waals surface area contributed by atoms with Crippen LogP contribution in [0, 0.1) is 0 Å². The molecule has 186 valence electrons. The molecule has 0 spiro atoms. The first-order valence-electron chi connectivity index (χ1n) is 11.2. The number of nitrogens with one attached hydrogen (secondary N) is 1. The normalized spacial score (nSPS) is 12.6. The molecule has 9 heteroatoms. The first kappa shape index (κ1) is 27.9. The highest BCUT2D eigenvalue weighted by Gasteiger charge is 2.28. The second-order valence-corrected chi connectivity index (χ2v) is 11.8. The van der Waals surface area contributed by atoms with Crippen molar-refractivity contribution in [1.82, 2.24) is 9.69 Å². The molecule has 7 nitrogen and oxygen atoms in total. The maximum absolute atomic E-state index is 12.6. The molecule has 1 N–H and O–H groups in total. The van der Waals surface area contributed by atoms with Crippen LogP contribution < -0.4 is 5.32 Å². The summed E-state index contributed by atoms with van der Waals surface area (Å²) in [7, 11) is 0. The van der Waals surface area contributed by atoms with Gasteiger partial charge in [0.25, 0.3) is 0 Å². The first-order valence-corrected chi connectivity index (χ1v) is 13.1. The number of benzene rings is 1. The van der Waals surface area contributed by atoms with Gasteiger partial charge < -0.3 is 14.8 Å². The van der Waals surface area contributed by atoms with Gasteiger partial charge in [0, 0.05) is 12.2 Å². The smallest absolute Gasteiger partial charge is 0.408 e. The van der Waals surface area contributed by atoms with Crippen molar-refractivity contribution < 1.29 is 23.9 Å². The third-order valence-electron chi connectivity index (χ3n) is 4.26. The Labute approximate surface area is 210 Å². The topological polar surface area (TPSA) is 94.6 Å². The fraction of sp³-hybridized carbons (Fsp3) is 0.520. The number of rotatable bonds is 10. The van der Waals surface area contributed by atoms with Crippen LogP contribution in [0.15, 0.2) is 36.4 Å². The van der Waals surface area contributed by atoms with Crippen molar-refractivity contribution in [2.45, 2.75) is 71.6 Å². The molecule has 1 amide bonds. The molecular weight excluding hydrogens is 472 g/mol. The standard InChI is InChI=1S/C25H34N2O5S2/c1-24(2,3)31-22(29)18(26-23(30)32-25(4,5)6)12-14-33-15-13-20(28)19-16-21(34-27-19)17-10-8-7-9-11-17/h7-11,16,18H,12-15H2,1-6H3,(H,26,30)/t18-/m0/s1. The van der Waals surface area contributed by atoms with E-state index < -0.39 is 29.3 Å². The van der Waals surface area contributed by atoms with Crippen LogP contribution in [0.25, 0.3) is 10.4 Å². The zero-order valence-corrected chi connectivity index (χ0v) is 22.3. The molecule has 0 saturated carbocycles. The number of hydrogen-bond donors (Lipinski definition) is 1. The van der Waals surface area contributed by atoms with Gasteiger partial charge in [-0.05, 0) is 76.9 Å². The lowest BCUT2D eigenvalue weighted by molar-refractivity contribution is -0.157. The molecule has 0 aliphatic rings. The van der Waals surface area contributed by atoms with E-state index in [4.69, 9.17) is 9.47 Å². The summed E-state index contributed by atoms with van der Waals surface area (Å²) in [6, 6.07) is 10.8. The van der Waals surface area contributed by atoms with E-state index >= 15 is 0 Å². The maximum atomic E-state index is 12.6. The van der Waals surface area contributed by atoms with Crippen molar-refractivity contribution in [3.63, 3.8) is 0 Å². The molecule has 0 bridgehead atoms. The van der Waals surface area contributed by atoms with E-state index in [0.717, 1.165) is 10.4 Å². The van der Waals surface area contributed by atoms with Crippen LogP contribution in [0.3, 0.4) is 0 Å². The number of nitrogens with zero attached hydrogens (tertiary/aromatic N) is 1. The van der Waals surface area contributed by atoms with Gasteiger partial charge in [-0.3, -0.25) is 4.79 Å². The van der Waals surface area contributed by atoms with Gasteiger partial charge in [-0.2, -0.15) is 16.1 Å². The summed E-state index contributed by atoms with van der Waals surface area (Å²) in [6.07, 6.45) is 0.0439. The highest BCUT2D eigenvalue weighted by atomic mass is 32.2. The molecule has 0 saturated heterocycles. The van der Waals surface area contributed by atoms with Crippen molar-refractivity contribution in [3.8, 4) is 10.4 Å². The average Bonchev–Trinajstić information content (AvgIpc) is 3.21. The largest absolute Gasteiger partial charge is 0.458 e. The van der Waals surface area contributed by atoms with Crippen LogP contribution in [-0.2, 0) is 14.3 Å². The van der Waals surface area contributed by atoms with Gasteiger partial charge in [0.05, 0.1) is 4.88 Å². The Bertz CT molecular complexity index is 962. The zero-order chi connectivity index (χ0) is 25.4. The lowest BCUT2D eigenvalue weighted by Crippen LogP contribution is -2.46. The Hall–Kier alpha value is -2.39. The zero-order valence-electron chi connectivity index (χ0n) is 20.7. The third-order valence-corrected chi connectivity index (χ3v) is 6.12. The maximum Gasteiger partial charge on any atom is 0.408 e. The van der Waals surface area contributed by atoms with Crippen LogP contribution in [0.2, 0.25) is 0 Å². The molecule has 0 aliphatic heterocycles. The molecule has 1 aromatic carbocycles. The van der Waals surface area contributed by atoms with Gasteiger partial charge in [0.2, 0.25) is 0 Å². The predicted molar refractivity (Wildman–Crippen MR) is 137 cm³/mol. The van der Waals surface area contributed by atoms with Crippen molar-refractivity contribution in [2.24, 2.45) is 0 Å². The number of carbonyl (C=O) groups excluding carboxylic acids is 3. The van der Waals surface area contributed by atoms with E-state index in [0.29, 0.717) is 30.0 Å². The molecule has 34 heavy (non-hydrogen) atoms. The minimum absolute atomic E-state index is 0.0125. The molecule has 0 fully saturated rings. The minimum Gasteiger partial charge on any atom is -0.458 e. The summed E-state index contributed by atoms with van der Waals surface area (Å²) in [5.74, 6) is 0.636. The monoisotopic (exact) mass is 506 g/mol. The van der Waals surface area contributed by atoms with Gasteiger partial charge >= 0.3 is 12.1 Å². The fourth-order valence-electron chi connectivity index (χ4n) is 2.81. The van der Waals surface area contributed by atoms with E-state index in [2.05, 4.69) is 9.69 Å². The summed E-state index contributed by atoms with van der Waals surface area (Å²) in [5, 5.41) is 2.62. The fourth-order valence-corrected chi connectivity index (χ4v) is 4.51. The van der Waals surface area contributed by atoms with Crippen LogP contribution in [-0.4, -0.2) is 51.0 Å². The molecule has 0 unspecified atom stereocenters. The third kappa shape index (κ3) is 10.3. The Kier molecular flexibility index (Phi) is 10.1. The molecule has 0 radical (unpaired) electrons. The molecule has 0 aliphatic carbocycles. The molecule has 2 rings (SSSR count). The van der Waals surface area contributed by atoms with Gasteiger partial charge in [-0.25, -0.2) is 9.59 Å². The minimum atomic E-state index is -0.829. The van der Waals surface area contributed by atoms with Crippen molar-refractivity contribution in [3.05, 3.63) is 42.1 Å². The predicted octanol–water partition coefficient (Wildman–Crippen LogP) is 5.74. The lowest BCUT2D eigenvalue weighted by atomic mass is 10.1. The van der Waals surface area contributed by atoms with Crippen molar-refractivity contribution in [2.75, 3.05) is 11.5 Å². The van der Waals surface area contributed by atoms with E-state index in [-0.39, 0.29) is 5.78 Å². The second-order valence-electron chi connectivity index (χ2n) is 9.75. The number of hydrogen-bond acceptors (Lipinski definition) is 8. The number of thioether (sulfide) groups is 1. The van der Waals surface area contributed by atoms with E-state index in [1.54, 1.807) is 41.5 Å². The quantitative estimate of drug-likeness (QED) is 0.249. The molecule has 2 aromatic rings. The highest BCUT2D eigenvalue weighted by molar-refractivity contribution is 7.99. The molecule has 1 aromatic heterocycles. The van der Waals surface area contributed by atoms with E-state index in [1.165, 1.54) is 23.3 Å². The summed E-state index contributed by atoms with van der Waals surface area (Å²) < 4.78 is 15.0. The Morgan fingerprint density at radius 3 is 2.26 bits per heavy atom. The van der Waals surface area contributed by atoms with Gasteiger partial charge in [0.15, 0.2) is 5.78 Å². The number of esters is 1. The number of alkyl carbamates (subject to hydrolysis) is 1. The number of carbonyl (C=O) groups is 3.